The van der Waals surface area contributed by atoms with Gasteiger partial charge in [0.05, 0.1) is 12.8 Å². The molecule has 1 N–H and O–H groups in total. The molecular formula is C15H14N2O3S2. The van der Waals surface area contributed by atoms with Gasteiger partial charge in [0, 0.05) is 28.1 Å². The first-order valence-corrected chi connectivity index (χ1v) is 8.03. The first-order valence-electron chi connectivity index (χ1n) is 6.34. The third-order valence-electron chi connectivity index (χ3n) is 2.46. The maximum absolute atomic E-state index is 11.0. The van der Waals surface area contributed by atoms with Crippen molar-refractivity contribution in [3.8, 4) is 0 Å². The van der Waals surface area contributed by atoms with E-state index >= 15 is 0 Å². The van der Waals surface area contributed by atoms with Crippen molar-refractivity contribution in [1.82, 2.24) is 4.98 Å². The van der Waals surface area contributed by atoms with E-state index in [0.717, 1.165) is 15.4 Å². The van der Waals surface area contributed by atoms with Crippen molar-refractivity contribution in [3.63, 3.8) is 0 Å². The molecule has 0 fully saturated rings. The van der Waals surface area contributed by atoms with Crippen molar-refractivity contribution in [1.29, 1.82) is 0 Å². The molecule has 0 aromatic carbocycles. The lowest BCUT2D eigenvalue weighted by molar-refractivity contribution is -0.134. The second kappa shape index (κ2) is 7.67. The topological polar surface area (TPSA) is 68.3 Å². The normalized spacial score (nSPS) is 11.2. The highest BCUT2D eigenvalue weighted by Crippen LogP contribution is 2.22. The molecular weight excluding hydrogens is 320 g/mol. The van der Waals surface area contributed by atoms with E-state index in [1.165, 1.54) is 31.4 Å². The summed E-state index contributed by atoms with van der Waals surface area (Å²) in [4.78, 5) is 28.2. The number of amides is 1. The van der Waals surface area contributed by atoms with Crippen LogP contribution in [0.15, 0.2) is 23.6 Å². The smallest absolute Gasteiger partial charge is 0.330 e. The molecule has 0 aliphatic heterocycles. The van der Waals surface area contributed by atoms with Crippen LogP contribution in [-0.4, -0.2) is 24.0 Å². The monoisotopic (exact) mass is 334 g/mol. The van der Waals surface area contributed by atoms with Crippen LogP contribution in [-0.2, 0) is 14.3 Å². The molecule has 114 valence electrons. The predicted molar refractivity (Wildman–Crippen MR) is 90.7 cm³/mol. The van der Waals surface area contributed by atoms with Gasteiger partial charge in [0.1, 0.15) is 0 Å². The molecule has 0 bridgehead atoms. The van der Waals surface area contributed by atoms with Gasteiger partial charge in [-0.1, -0.05) is 0 Å². The van der Waals surface area contributed by atoms with Crippen molar-refractivity contribution >= 4 is 57.9 Å². The molecule has 2 rings (SSSR count). The number of ether oxygens (including phenoxy) is 1. The molecule has 2 heterocycles. The maximum Gasteiger partial charge on any atom is 0.330 e. The number of nitrogens with one attached hydrogen (secondary N) is 1. The molecule has 2 aromatic rings. The Hall–Kier alpha value is -2.25. The Morgan fingerprint density at radius 1 is 1.23 bits per heavy atom. The van der Waals surface area contributed by atoms with Crippen molar-refractivity contribution in [2.75, 3.05) is 12.4 Å². The van der Waals surface area contributed by atoms with Crippen LogP contribution in [0, 0.1) is 0 Å². The zero-order chi connectivity index (χ0) is 15.9. The number of thiazole rings is 1. The van der Waals surface area contributed by atoms with E-state index in [2.05, 4.69) is 15.0 Å². The molecule has 0 radical (unpaired) electrons. The van der Waals surface area contributed by atoms with Crippen molar-refractivity contribution in [2.45, 2.75) is 6.92 Å². The number of hydrogen-bond acceptors (Lipinski definition) is 6. The minimum absolute atomic E-state index is 0.134. The van der Waals surface area contributed by atoms with E-state index in [1.54, 1.807) is 17.4 Å². The fraction of sp³-hybridized carbons (Fsp3) is 0.133. The number of nitrogens with zero attached hydrogens (tertiary/aromatic N) is 1. The van der Waals surface area contributed by atoms with Crippen LogP contribution in [0.2, 0.25) is 0 Å². The first kappa shape index (κ1) is 16.1. The molecule has 0 unspecified atom stereocenters. The van der Waals surface area contributed by atoms with Crippen molar-refractivity contribution in [2.24, 2.45) is 0 Å². The average Bonchev–Trinajstić information content (AvgIpc) is 3.11. The van der Waals surface area contributed by atoms with Crippen molar-refractivity contribution in [3.05, 3.63) is 39.0 Å². The number of aromatic nitrogens is 1. The van der Waals surface area contributed by atoms with Gasteiger partial charge < -0.3 is 10.1 Å². The van der Waals surface area contributed by atoms with Crippen LogP contribution in [0.1, 0.15) is 22.4 Å². The minimum Gasteiger partial charge on any atom is -0.466 e. The molecule has 5 nitrogen and oxygen atoms in total. The Labute approximate surface area is 136 Å². The highest BCUT2D eigenvalue weighted by atomic mass is 32.1. The number of carbonyl (C=O) groups is 2. The van der Waals surface area contributed by atoms with E-state index in [-0.39, 0.29) is 11.9 Å². The van der Waals surface area contributed by atoms with Crippen LogP contribution in [0.4, 0.5) is 5.13 Å². The zero-order valence-corrected chi connectivity index (χ0v) is 13.7. The Balaban J connectivity index is 2.00. The Morgan fingerprint density at radius 2 is 1.95 bits per heavy atom. The second-order valence-electron chi connectivity index (χ2n) is 4.19. The molecule has 22 heavy (non-hydrogen) atoms. The lowest BCUT2D eigenvalue weighted by atomic mass is 10.3. The molecule has 1 amide bonds. The van der Waals surface area contributed by atoms with Crippen LogP contribution in [0.25, 0.3) is 18.2 Å². The summed E-state index contributed by atoms with van der Waals surface area (Å²) in [6.07, 6.45) is 6.92. The van der Waals surface area contributed by atoms with Gasteiger partial charge in [-0.25, -0.2) is 9.78 Å². The Kier molecular flexibility index (Phi) is 5.62. The van der Waals surface area contributed by atoms with Gasteiger partial charge in [-0.3, -0.25) is 4.79 Å². The summed E-state index contributed by atoms with van der Waals surface area (Å²) in [5.41, 5.74) is 0.786. The summed E-state index contributed by atoms with van der Waals surface area (Å²) in [5.74, 6) is -0.511. The standard InChI is InChI=1S/C15H14N2O3S2/c1-10(18)16-15-17-11(9-21-15)3-4-12-5-6-13(22-12)7-8-14(19)20-2/h3-9H,1-2H3,(H,16,17,18)/b4-3+,8-7+. The van der Waals surface area contributed by atoms with Gasteiger partial charge in [-0.15, -0.1) is 22.7 Å². The highest BCUT2D eigenvalue weighted by molar-refractivity contribution is 7.14. The van der Waals surface area contributed by atoms with E-state index in [9.17, 15) is 9.59 Å². The van der Waals surface area contributed by atoms with Gasteiger partial charge in [0.2, 0.25) is 5.91 Å². The highest BCUT2D eigenvalue weighted by Gasteiger charge is 2.01. The molecule has 2 aromatic heterocycles. The number of carbonyl (C=O) groups excluding carboxylic acids is 2. The van der Waals surface area contributed by atoms with Gasteiger partial charge in [-0.05, 0) is 30.4 Å². The largest absolute Gasteiger partial charge is 0.466 e. The van der Waals surface area contributed by atoms with Crippen LogP contribution >= 0.6 is 22.7 Å². The van der Waals surface area contributed by atoms with Gasteiger partial charge in [0.25, 0.3) is 0 Å². The Bertz CT molecular complexity index is 729. The number of esters is 1. The summed E-state index contributed by atoms with van der Waals surface area (Å²) >= 11 is 2.93. The molecule has 0 saturated carbocycles. The quantitative estimate of drug-likeness (QED) is 0.671. The van der Waals surface area contributed by atoms with E-state index in [4.69, 9.17) is 0 Å². The Morgan fingerprint density at radius 3 is 2.64 bits per heavy atom. The number of anilines is 1. The maximum atomic E-state index is 11.0. The molecule has 0 atom stereocenters. The fourth-order valence-corrected chi connectivity index (χ4v) is 3.04. The second-order valence-corrected chi connectivity index (χ2v) is 6.19. The summed E-state index contributed by atoms with van der Waals surface area (Å²) in [7, 11) is 1.35. The number of rotatable bonds is 5. The number of methoxy groups -OCH3 is 1. The van der Waals surface area contributed by atoms with Crippen LogP contribution in [0.5, 0.6) is 0 Å². The lowest BCUT2D eigenvalue weighted by Crippen LogP contribution is -2.04. The molecule has 0 aliphatic rings. The third-order valence-corrected chi connectivity index (χ3v) is 4.25. The van der Waals surface area contributed by atoms with Crippen LogP contribution < -0.4 is 5.32 Å². The summed E-state index contributed by atoms with van der Waals surface area (Å²) in [6.45, 7) is 1.45. The average molecular weight is 334 g/mol. The minimum atomic E-state index is -0.376. The summed E-state index contributed by atoms with van der Waals surface area (Å²) < 4.78 is 4.54. The number of hydrogen-bond donors (Lipinski definition) is 1. The van der Waals surface area contributed by atoms with Gasteiger partial charge in [0.15, 0.2) is 5.13 Å². The van der Waals surface area contributed by atoms with Gasteiger partial charge >= 0.3 is 5.97 Å². The van der Waals surface area contributed by atoms with E-state index < -0.39 is 0 Å². The zero-order valence-electron chi connectivity index (χ0n) is 12.0. The van der Waals surface area contributed by atoms with E-state index in [1.807, 2.05) is 29.7 Å². The molecule has 0 saturated heterocycles. The lowest BCUT2D eigenvalue weighted by Gasteiger charge is -1.92. The van der Waals surface area contributed by atoms with Crippen molar-refractivity contribution < 1.29 is 14.3 Å². The SMILES string of the molecule is COC(=O)/C=C/c1ccc(/C=C/c2csc(NC(C)=O)n2)s1. The molecule has 0 aliphatic carbocycles. The first-order chi connectivity index (χ1) is 10.6. The van der Waals surface area contributed by atoms with E-state index in [0.29, 0.717) is 5.13 Å². The number of thiophene rings is 1. The third kappa shape index (κ3) is 4.94. The van der Waals surface area contributed by atoms with Gasteiger partial charge in [-0.2, -0.15) is 0 Å². The fourth-order valence-electron chi connectivity index (χ4n) is 1.50. The molecule has 0 spiro atoms. The summed E-state index contributed by atoms with van der Waals surface area (Å²) in [5, 5.41) is 5.10. The predicted octanol–water partition coefficient (Wildman–Crippen LogP) is 3.52. The van der Waals surface area contributed by atoms with Crippen LogP contribution in [0.3, 0.4) is 0 Å². The summed E-state index contributed by atoms with van der Waals surface area (Å²) in [6, 6.07) is 3.88. The molecule has 7 heteroatoms.